The SMILES string of the molecule is CC(O)c1onc(-c2ccc(F)cc2)c1C(=O)N1CCC(Cc2ccccc2)CC1. The average molecular weight is 408 g/mol. The van der Waals surface area contributed by atoms with Gasteiger partial charge in [-0.15, -0.1) is 0 Å². The van der Waals surface area contributed by atoms with Crippen LogP contribution in [0.25, 0.3) is 11.3 Å². The zero-order valence-corrected chi connectivity index (χ0v) is 16.9. The predicted molar refractivity (Wildman–Crippen MR) is 111 cm³/mol. The lowest BCUT2D eigenvalue weighted by atomic mass is 9.89. The minimum atomic E-state index is -0.971. The van der Waals surface area contributed by atoms with Gasteiger partial charge in [0.1, 0.15) is 23.2 Å². The van der Waals surface area contributed by atoms with Crippen LogP contribution in [-0.2, 0) is 6.42 Å². The molecule has 5 nitrogen and oxygen atoms in total. The summed E-state index contributed by atoms with van der Waals surface area (Å²) in [5, 5.41) is 14.1. The normalized spacial score (nSPS) is 15.9. The topological polar surface area (TPSA) is 66.6 Å². The fraction of sp³-hybridized carbons (Fsp3) is 0.333. The van der Waals surface area contributed by atoms with Crippen molar-refractivity contribution in [3.05, 3.63) is 77.3 Å². The van der Waals surface area contributed by atoms with Crippen LogP contribution in [0, 0.1) is 11.7 Å². The number of carbonyl (C=O) groups excluding carboxylic acids is 1. The molecule has 1 aromatic heterocycles. The molecule has 6 heteroatoms. The van der Waals surface area contributed by atoms with Crippen LogP contribution in [0.1, 0.15) is 47.6 Å². The first kappa shape index (κ1) is 20.3. The third-order valence-electron chi connectivity index (χ3n) is 5.70. The molecule has 1 N–H and O–H groups in total. The van der Waals surface area contributed by atoms with Crippen LogP contribution in [0.2, 0.25) is 0 Å². The molecule has 1 amide bonds. The maximum atomic E-state index is 13.4. The van der Waals surface area contributed by atoms with Gasteiger partial charge in [0.05, 0.1) is 0 Å². The molecule has 3 aromatic rings. The lowest BCUT2D eigenvalue weighted by Crippen LogP contribution is -2.39. The van der Waals surface area contributed by atoms with Gasteiger partial charge in [-0.3, -0.25) is 4.79 Å². The van der Waals surface area contributed by atoms with E-state index < -0.39 is 6.10 Å². The van der Waals surface area contributed by atoms with E-state index in [1.807, 2.05) is 6.07 Å². The molecule has 1 saturated heterocycles. The van der Waals surface area contributed by atoms with E-state index in [0.717, 1.165) is 19.3 Å². The van der Waals surface area contributed by atoms with Crippen molar-refractivity contribution in [3.63, 3.8) is 0 Å². The Morgan fingerprint density at radius 3 is 2.47 bits per heavy atom. The van der Waals surface area contributed by atoms with Gasteiger partial charge in [-0.2, -0.15) is 0 Å². The maximum absolute atomic E-state index is 13.4. The van der Waals surface area contributed by atoms with Crippen LogP contribution in [0.15, 0.2) is 59.1 Å². The molecule has 4 rings (SSSR count). The summed E-state index contributed by atoms with van der Waals surface area (Å²) < 4.78 is 18.6. The van der Waals surface area contributed by atoms with Gasteiger partial charge in [-0.05, 0) is 61.9 Å². The summed E-state index contributed by atoms with van der Waals surface area (Å²) in [4.78, 5) is 15.2. The third-order valence-corrected chi connectivity index (χ3v) is 5.70. The van der Waals surface area contributed by atoms with Gasteiger partial charge in [0.15, 0.2) is 5.76 Å². The minimum absolute atomic E-state index is 0.144. The van der Waals surface area contributed by atoms with E-state index in [-0.39, 0.29) is 23.0 Å². The number of hydrogen-bond donors (Lipinski definition) is 1. The Balaban J connectivity index is 1.52. The molecule has 1 unspecified atom stereocenters. The second kappa shape index (κ2) is 8.79. The van der Waals surface area contributed by atoms with E-state index in [0.29, 0.717) is 30.3 Å². The number of amides is 1. The van der Waals surface area contributed by atoms with Gasteiger partial charge in [0, 0.05) is 18.7 Å². The molecule has 1 aliphatic rings. The zero-order chi connectivity index (χ0) is 21.1. The Hall–Kier alpha value is -2.99. The van der Waals surface area contributed by atoms with Crippen molar-refractivity contribution in [2.45, 2.75) is 32.3 Å². The standard InChI is InChI=1S/C24H25FN2O3/c1-16(28)23-21(22(26-30-23)19-7-9-20(25)10-8-19)24(29)27-13-11-18(12-14-27)15-17-5-3-2-4-6-17/h2-10,16,18,28H,11-15H2,1H3. The van der Waals surface area contributed by atoms with E-state index in [1.54, 1.807) is 17.0 Å². The fourth-order valence-corrected chi connectivity index (χ4v) is 4.05. The first-order valence-electron chi connectivity index (χ1n) is 10.3. The van der Waals surface area contributed by atoms with Gasteiger partial charge >= 0.3 is 0 Å². The Bertz CT molecular complexity index is 991. The highest BCUT2D eigenvalue weighted by Crippen LogP contribution is 2.32. The highest BCUT2D eigenvalue weighted by Gasteiger charge is 2.32. The highest BCUT2D eigenvalue weighted by molar-refractivity contribution is 6.01. The molecule has 1 fully saturated rings. The molecule has 0 bridgehead atoms. The molecule has 2 aromatic carbocycles. The third kappa shape index (κ3) is 4.28. The Morgan fingerprint density at radius 2 is 1.83 bits per heavy atom. The molecule has 2 heterocycles. The molecule has 0 spiro atoms. The second-order valence-corrected chi connectivity index (χ2v) is 7.88. The number of carbonyl (C=O) groups is 1. The summed E-state index contributed by atoms with van der Waals surface area (Å²) in [5.74, 6) is 0.105. The monoisotopic (exact) mass is 408 g/mol. The summed E-state index contributed by atoms with van der Waals surface area (Å²) in [6, 6.07) is 16.1. The van der Waals surface area contributed by atoms with Crippen molar-refractivity contribution >= 4 is 5.91 Å². The molecule has 1 aliphatic heterocycles. The quantitative estimate of drug-likeness (QED) is 0.669. The summed E-state index contributed by atoms with van der Waals surface area (Å²) in [6.45, 7) is 2.82. The second-order valence-electron chi connectivity index (χ2n) is 7.88. The molecule has 30 heavy (non-hydrogen) atoms. The predicted octanol–water partition coefficient (Wildman–Crippen LogP) is 4.63. The van der Waals surface area contributed by atoms with Crippen LogP contribution in [0.5, 0.6) is 0 Å². The number of aromatic nitrogens is 1. The minimum Gasteiger partial charge on any atom is -0.385 e. The van der Waals surface area contributed by atoms with Crippen molar-refractivity contribution in [2.75, 3.05) is 13.1 Å². The van der Waals surface area contributed by atoms with Crippen LogP contribution in [0.3, 0.4) is 0 Å². The van der Waals surface area contributed by atoms with E-state index >= 15 is 0 Å². The van der Waals surface area contributed by atoms with Gasteiger partial charge in [-0.25, -0.2) is 4.39 Å². The number of benzene rings is 2. The number of aliphatic hydroxyl groups excluding tert-OH is 1. The largest absolute Gasteiger partial charge is 0.385 e. The lowest BCUT2D eigenvalue weighted by molar-refractivity contribution is 0.0680. The summed E-state index contributed by atoms with van der Waals surface area (Å²) in [7, 11) is 0. The smallest absolute Gasteiger partial charge is 0.259 e. The van der Waals surface area contributed by atoms with E-state index in [1.165, 1.54) is 24.6 Å². The van der Waals surface area contributed by atoms with E-state index in [9.17, 15) is 14.3 Å². The van der Waals surface area contributed by atoms with Gasteiger partial charge in [0.25, 0.3) is 5.91 Å². The number of halogens is 1. The summed E-state index contributed by atoms with van der Waals surface area (Å²) in [5.41, 5.74) is 2.49. The van der Waals surface area contributed by atoms with Crippen LogP contribution >= 0.6 is 0 Å². The first-order valence-corrected chi connectivity index (χ1v) is 10.3. The zero-order valence-electron chi connectivity index (χ0n) is 16.9. The van der Waals surface area contributed by atoms with Crippen molar-refractivity contribution < 1.29 is 18.8 Å². The first-order chi connectivity index (χ1) is 14.5. The molecule has 1 atom stereocenters. The number of nitrogens with zero attached hydrogens (tertiary/aromatic N) is 2. The van der Waals surface area contributed by atoms with Crippen LogP contribution in [-0.4, -0.2) is 34.2 Å². The summed E-state index contributed by atoms with van der Waals surface area (Å²) in [6.07, 6.45) is 1.88. The Morgan fingerprint density at radius 1 is 1.17 bits per heavy atom. The van der Waals surface area contributed by atoms with E-state index in [2.05, 4.69) is 29.4 Å². The van der Waals surface area contributed by atoms with Gasteiger partial charge in [0.2, 0.25) is 0 Å². The number of likely N-dealkylation sites (tertiary alicyclic amines) is 1. The lowest BCUT2D eigenvalue weighted by Gasteiger charge is -2.32. The molecule has 156 valence electrons. The molecule has 0 radical (unpaired) electrons. The number of rotatable bonds is 5. The number of aliphatic hydroxyl groups is 1. The van der Waals surface area contributed by atoms with Gasteiger partial charge < -0.3 is 14.5 Å². The molecule has 0 aliphatic carbocycles. The maximum Gasteiger partial charge on any atom is 0.259 e. The van der Waals surface area contributed by atoms with Crippen molar-refractivity contribution in [1.82, 2.24) is 10.1 Å². The van der Waals surface area contributed by atoms with Crippen molar-refractivity contribution in [2.24, 2.45) is 5.92 Å². The highest BCUT2D eigenvalue weighted by atomic mass is 19.1. The van der Waals surface area contributed by atoms with Crippen molar-refractivity contribution in [3.8, 4) is 11.3 Å². The summed E-state index contributed by atoms with van der Waals surface area (Å²) >= 11 is 0. The van der Waals surface area contributed by atoms with Gasteiger partial charge in [-0.1, -0.05) is 35.5 Å². The Kier molecular flexibility index (Phi) is 5.95. The average Bonchev–Trinajstić information content (AvgIpc) is 3.20. The van der Waals surface area contributed by atoms with Crippen LogP contribution < -0.4 is 0 Å². The molecular weight excluding hydrogens is 383 g/mol. The Labute approximate surface area is 175 Å². The van der Waals surface area contributed by atoms with Crippen molar-refractivity contribution in [1.29, 1.82) is 0 Å². The van der Waals surface area contributed by atoms with Crippen LogP contribution in [0.4, 0.5) is 4.39 Å². The number of piperidine rings is 1. The fourth-order valence-electron chi connectivity index (χ4n) is 4.05. The molecular formula is C24H25FN2O3. The molecule has 0 saturated carbocycles. The number of hydrogen-bond acceptors (Lipinski definition) is 4. The van der Waals surface area contributed by atoms with E-state index in [4.69, 9.17) is 4.52 Å².